The molecule has 1 N–H and O–H groups in total. The summed E-state index contributed by atoms with van der Waals surface area (Å²) in [6.45, 7) is 2.44. The van der Waals surface area contributed by atoms with Gasteiger partial charge in [-0.05, 0) is 62.5 Å². The van der Waals surface area contributed by atoms with Gasteiger partial charge in [-0.3, -0.25) is 0 Å². The Hall–Kier alpha value is -0.570. The van der Waals surface area contributed by atoms with E-state index in [4.69, 9.17) is 11.6 Å². The number of hydrogen-bond acceptors (Lipinski definition) is 2. The van der Waals surface area contributed by atoms with Gasteiger partial charge in [0.15, 0.2) is 0 Å². The predicted octanol–water partition coefficient (Wildman–Crippen LogP) is 2.49. The molecular weight excluding hydrogens is 244 g/mol. The third-order valence-corrected chi connectivity index (χ3v) is 4.43. The van der Waals surface area contributed by atoms with Crippen LogP contribution in [-0.2, 0) is 12.8 Å². The van der Waals surface area contributed by atoms with E-state index in [-0.39, 0.29) is 0 Å². The standard InChI is InChI=1S/C15H21ClN2/c1-18-6-2-3-14(10-18)17-15-8-11-4-5-13(16)7-12(11)9-15/h4-5,7,14-15,17H,2-3,6,8-10H2,1H3. The lowest BCUT2D eigenvalue weighted by Crippen LogP contribution is -2.48. The summed E-state index contributed by atoms with van der Waals surface area (Å²) in [5.41, 5.74) is 2.91. The molecule has 0 amide bonds. The zero-order valence-corrected chi connectivity index (χ0v) is 11.7. The smallest absolute Gasteiger partial charge is 0.0408 e. The van der Waals surface area contributed by atoms with Gasteiger partial charge in [0.2, 0.25) is 0 Å². The van der Waals surface area contributed by atoms with Crippen LogP contribution in [0, 0.1) is 0 Å². The monoisotopic (exact) mass is 264 g/mol. The molecule has 1 heterocycles. The van der Waals surface area contributed by atoms with E-state index < -0.39 is 0 Å². The zero-order valence-electron chi connectivity index (χ0n) is 11.0. The van der Waals surface area contributed by atoms with Crippen LogP contribution in [0.5, 0.6) is 0 Å². The maximum Gasteiger partial charge on any atom is 0.0408 e. The Morgan fingerprint density at radius 3 is 2.89 bits per heavy atom. The normalized spacial score (nSPS) is 28.3. The largest absolute Gasteiger partial charge is 0.309 e. The molecule has 1 aromatic carbocycles. The summed E-state index contributed by atoms with van der Waals surface area (Å²) in [4.78, 5) is 2.43. The van der Waals surface area contributed by atoms with Crippen LogP contribution in [-0.4, -0.2) is 37.1 Å². The summed E-state index contributed by atoms with van der Waals surface area (Å²) in [5.74, 6) is 0. The fourth-order valence-electron chi connectivity index (χ4n) is 3.34. The van der Waals surface area contributed by atoms with Gasteiger partial charge in [-0.2, -0.15) is 0 Å². The maximum atomic E-state index is 6.05. The highest BCUT2D eigenvalue weighted by Crippen LogP contribution is 2.26. The minimum Gasteiger partial charge on any atom is -0.309 e. The summed E-state index contributed by atoms with van der Waals surface area (Å²) < 4.78 is 0. The highest BCUT2D eigenvalue weighted by Gasteiger charge is 2.25. The molecule has 1 aromatic rings. The van der Waals surface area contributed by atoms with Gasteiger partial charge in [0.1, 0.15) is 0 Å². The van der Waals surface area contributed by atoms with E-state index in [0.717, 1.165) is 17.9 Å². The second-order valence-electron chi connectivity index (χ2n) is 5.79. The topological polar surface area (TPSA) is 15.3 Å². The summed E-state index contributed by atoms with van der Waals surface area (Å²) in [6.07, 6.45) is 4.93. The first-order chi connectivity index (χ1) is 8.70. The van der Waals surface area contributed by atoms with E-state index in [1.807, 2.05) is 6.07 Å². The zero-order chi connectivity index (χ0) is 12.5. The van der Waals surface area contributed by atoms with Crippen molar-refractivity contribution in [1.82, 2.24) is 10.2 Å². The number of rotatable bonds is 2. The van der Waals surface area contributed by atoms with E-state index in [0.29, 0.717) is 12.1 Å². The van der Waals surface area contributed by atoms with Crippen LogP contribution >= 0.6 is 11.6 Å². The number of likely N-dealkylation sites (N-methyl/N-ethyl adjacent to an activating group) is 1. The third-order valence-electron chi connectivity index (χ3n) is 4.20. The van der Waals surface area contributed by atoms with Crippen molar-refractivity contribution in [2.45, 2.75) is 37.8 Å². The Morgan fingerprint density at radius 1 is 1.22 bits per heavy atom. The molecule has 1 aliphatic carbocycles. The fraction of sp³-hybridized carbons (Fsp3) is 0.600. The molecule has 0 bridgehead atoms. The minimum absolute atomic E-state index is 0.606. The van der Waals surface area contributed by atoms with Gasteiger partial charge in [-0.1, -0.05) is 17.7 Å². The van der Waals surface area contributed by atoms with Crippen molar-refractivity contribution in [3.63, 3.8) is 0 Å². The molecule has 0 saturated carbocycles. The highest BCUT2D eigenvalue weighted by atomic mass is 35.5. The molecule has 3 rings (SSSR count). The van der Waals surface area contributed by atoms with Crippen LogP contribution in [0.15, 0.2) is 18.2 Å². The lowest BCUT2D eigenvalue weighted by molar-refractivity contribution is 0.217. The number of halogens is 1. The van der Waals surface area contributed by atoms with E-state index >= 15 is 0 Å². The van der Waals surface area contributed by atoms with Crippen molar-refractivity contribution < 1.29 is 0 Å². The van der Waals surface area contributed by atoms with Crippen molar-refractivity contribution in [3.8, 4) is 0 Å². The first kappa shape index (κ1) is 12.5. The van der Waals surface area contributed by atoms with Crippen molar-refractivity contribution in [2.24, 2.45) is 0 Å². The highest BCUT2D eigenvalue weighted by molar-refractivity contribution is 6.30. The molecule has 2 unspecified atom stereocenters. The van der Waals surface area contributed by atoms with Crippen molar-refractivity contribution >= 4 is 11.6 Å². The number of piperidine rings is 1. The summed E-state index contributed by atoms with van der Waals surface area (Å²) >= 11 is 6.05. The average Bonchev–Trinajstić information content (AvgIpc) is 2.70. The molecule has 18 heavy (non-hydrogen) atoms. The molecule has 2 aliphatic rings. The lowest BCUT2D eigenvalue weighted by atomic mass is 10.0. The molecular formula is C15H21ClN2. The summed E-state index contributed by atoms with van der Waals surface area (Å²) in [7, 11) is 2.22. The van der Waals surface area contributed by atoms with Crippen LogP contribution in [0.1, 0.15) is 24.0 Å². The molecule has 2 atom stereocenters. The Kier molecular flexibility index (Phi) is 3.60. The summed E-state index contributed by atoms with van der Waals surface area (Å²) in [6, 6.07) is 7.60. The van der Waals surface area contributed by atoms with Crippen LogP contribution in [0.25, 0.3) is 0 Å². The van der Waals surface area contributed by atoms with Gasteiger partial charge in [0, 0.05) is 23.7 Å². The second-order valence-corrected chi connectivity index (χ2v) is 6.22. The number of likely N-dealkylation sites (tertiary alicyclic amines) is 1. The van der Waals surface area contributed by atoms with Gasteiger partial charge in [0.05, 0.1) is 0 Å². The van der Waals surface area contributed by atoms with E-state index in [2.05, 4.69) is 29.4 Å². The van der Waals surface area contributed by atoms with Gasteiger partial charge >= 0.3 is 0 Å². The van der Waals surface area contributed by atoms with Crippen LogP contribution < -0.4 is 5.32 Å². The quantitative estimate of drug-likeness (QED) is 0.883. The first-order valence-corrected chi connectivity index (χ1v) is 7.30. The van der Waals surface area contributed by atoms with Crippen molar-refractivity contribution in [2.75, 3.05) is 20.1 Å². The van der Waals surface area contributed by atoms with Gasteiger partial charge < -0.3 is 10.2 Å². The Bertz CT molecular complexity index is 433. The minimum atomic E-state index is 0.606. The van der Waals surface area contributed by atoms with Gasteiger partial charge in [0.25, 0.3) is 0 Å². The van der Waals surface area contributed by atoms with Crippen molar-refractivity contribution in [1.29, 1.82) is 0 Å². The molecule has 1 saturated heterocycles. The molecule has 1 aliphatic heterocycles. The fourth-order valence-corrected chi connectivity index (χ4v) is 3.54. The molecule has 2 nitrogen and oxygen atoms in total. The Labute approximate surface area is 114 Å². The molecule has 98 valence electrons. The van der Waals surface area contributed by atoms with E-state index in [1.54, 1.807) is 0 Å². The number of hydrogen-bond donors (Lipinski definition) is 1. The average molecular weight is 265 g/mol. The van der Waals surface area contributed by atoms with Crippen LogP contribution in [0.3, 0.4) is 0 Å². The lowest BCUT2D eigenvalue weighted by Gasteiger charge is -2.32. The predicted molar refractivity (Wildman–Crippen MR) is 76.3 cm³/mol. The summed E-state index contributed by atoms with van der Waals surface area (Å²) in [5, 5.41) is 4.70. The molecule has 3 heteroatoms. The van der Waals surface area contributed by atoms with Gasteiger partial charge in [-0.15, -0.1) is 0 Å². The van der Waals surface area contributed by atoms with Crippen molar-refractivity contribution in [3.05, 3.63) is 34.3 Å². The Balaban J connectivity index is 1.60. The first-order valence-electron chi connectivity index (χ1n) is 6.92. The molecule has 1 fully saturated rings. The number of fused-ring (bicyclic) bond motifs is 1. The second kappa shape index (κ2) is 5.20. The number of benzene rings is 1. The molecule has 0 aromatic heterocycles. The van der Waals surface area contributed by atoms with Crippen LogP contribution in [0.2, 0.25) is 5.02 Å². The van der Waals surface area contributed by atoms with E-state index in [9.17, 15) is 0 Å². The van der Waals surface area contributed by atoms with E-state index in [1.165, 1.54) is 37.1 Å². The maximum absolute atomic E-state index is 6.05. The SMILES string of the molecule is CN1CCCC(NC2Cc3ccc(Cl)cc3C2)C1. The molecule has 0 radical (unpaired) electrons. The number of nitrogens with zero attached hydrogens (tertiary/aromatic N) is 1. The van der Waals surface area contributed by atoms with Crippen LogP contribution in [0.4, 0.5) is 0 Å². The molecule has 0 spiro atoms. The number of nitrogens with one attached hydrogen (secondary N) is 1. The van der Waals surface area contributed by atoms with Gasteiger partial charge in [-0.25, -0.2) is 0 Å². The third kappa shape index (κ3) is 2.71. The Morgan fingerprint density at radius 2 is 2.06 bits per heavy atom.